The Balaban J connectivity index is 0.000000131. The number of fused-ring (bicyclic) bond motifs is 4. The second kappa shape index (κ2) is 6.36. The molecule has 6 atom stereocenters. The molecular formula is C17H28ClNO. The number of halogens is 1. The van der Waals surface area contributed by atoms with E-state index in [0.717, 1.165) is 31.3 Å². The first-order chi connectivity index (χ1) is 9.63. The summed E-state index contributed by atoms with van der Waals surface area (Å²) >= 11 is 5.50. The third-order valence-electron chi connectivity index (χ3n) is 6.28. The van der Waals surface area contributed by atoms with E-state index in [-0.39, 0.29) is 11.2 Å². The van der Waals surface area contributed by atoms with E-state index >= 15 is 0 Å². The van der Waals surface area contributed by atoms with Gasteiger partial charge in [0, 0.05) is 18.5 Å². The molecule has 4 bridgehead atoms. The molecule has 114 valence electrons. The molecule has 0 N–H and O–H groups in total. The zero-order chi connectivity index (χ0) is 14.1. The number of hydrogen-bond donors (Lipinski definition) is 0. The average molecular weight is 298 g/mol. The number of piperidine rings is 1. The standard InChI is InChI=1S/C9H14ClNO.C8H14/c1-6-7-2-3-11(6)5-8(4-7)9(10)12;1-2-7-4-5-8(3-1)6-7/h6-8H,2-5H2,1H3;7-8H,1-6H2. The zero-order valence-electron chi connectivity index (χ0n) is 12.7. The van der Waals surface area contributed by atoms with Crippen molar-refractivity contribution in [3.63, 3.8) is 0 Å². The van der Waals surface area contributed by atoms with Gasteiger partial charge in [0.2, 0.25) is 5.24 Å². The molecule has 2 aliphatic carbocycles. The normalized spacial score (nSPS) is 45.7. The Labute approximate surface area is 128 Å². The molecule has 6 unspecified atom stereocenters. The van der Waals surface area contributed by atoms with Gasteiger partial charge in [-0.25, -0.2) is 0 Å². The fourth-order valence-corrected chi connectivity index (χ4v) is 5.09. The summed E-state index contributed by atoms with van der Waals surface area (Å²) in [5.74, 6) is 3.14. The van der Waals surface area contributed by atoms with Gasteiger partial charge in [-0.15, -0.1) is 0 Å². The maximum atomic E-state index is 11.0. The van der Waals surface area contributed by atoms with Crippen LogP contribution >= 0.6 is 11.6 Å². The lowest BCUT2D eigenvalue weighted by Gasteiger charge is -2.33. The molecule has 0 spiro atoms. The summed E-state index contributed by atoms with van der Waals surface area (Å²) in [6, 6.07) is 0.678. The van der Waals surface area contributed by atoms with Gasteiger partial charge in [0.05, 0.1) is 0 Å². The van der Waals surface area contributed by atoms with Crippen molar-refractivity contribution in [1.82, 2.24) is 4.90 Å². The minimum Gasteiger partial charge on any atom is -0.300 e. The van der Waals surface area contributed by atoms with E-state index in [1.807, 2.05) is 0 Å². The number of hydrogen-bond acceptors (Lipinski definition) is 2. The van der Waals surface area contributed by atoms with E-state index in [2.05, 4.69) is 11.8 Å². The van der Waals surface area contributed by atoms with E-state index in [1.165, 1.54) is 12.8 Å². The van der Waals surface area contributed by atoms with Gasteiger partial charge in [-0.3, -0.25) is 9.69 Å². The number of carbonyl (C=O) groups is 1. The third-order valence-corrected chi connectivity index (χ3v) is 6.59. The van der Waals surface area contributed by atoms with Crippen molar-refractivity contribution in [2.75, 3.05) is 13.1 Å². The lowest BCUT2D eigenvalue weighted by atomic mass is 9.87. The highest BCUT2D eigenvalue weighted by molar-refractivity contribution is 6.64. The quantitative estimate of drug-likeness (QED) is 0.680. The van der Waals surface area contributed by atoms with E-state index in [9.17, 15) is 4.79 Å². The van der Waals surface area contributed by atoms with Crippen LogP contribution in [0.25, 0.3) is 0 Å². The summed E-state index contributed by atoms with van der Waals surface area (Å²) in [6.07, 6.45) is 11.6. The Bertz CT molecular complexity index is 331. The smallest absolute Gasteiger partial charge is 0.226 e. The Morgan fingerprint density at radius 1 is 1.05 bits per heavy atom. The van der Waals surface area contributed by atoms with Crippen molar-refractivity contribution in [1.29, 1.82) is 0 Å². The lowest BCUT2D eigenvalue weighted by Crippen LogP contribution is -2.41. The van der Waals surface area contributed by atoms with E-state index < -0.39 is 0 Å². The van der Waals surface area contributed by atoms with Gasteiger partial charge >= 0.3 is 0 Å². The van der Waals surface area contributed by atoms with Crippen LogP contribution in [0.2, 0.25) is 0 Å². The Kier molecular flexibility index (Phi) is 4.72. The van der Waals surface area contributed by atoms with Gasteiger partial charge in [-0.2, -0.15) is 0 Å². The van der Waals surface area contributed by atoms with Gasteiger partial charge in [0.25, 0.3) is 0 Å². The van der Waals surface area contributed by atoms with Crippen LogP contribution in [0, 0.1) is 23.7 Å². The highest BCUT2D eigenvalue weighted by Crippen LogP contribution is 2.41. The van der Waals surface area contributed by atoms with Crippen molar-refractivity contribution in [2.24, 2.45) is 23.7 Å². The van der Waals surface area contributed by atoms with Crippen LogP contribution in [0.5, 0.6) is 0 Å². The Morgan fingerprint density at radius 3 is 2.30 bits per heavy atom. The SMILES string of the molecule is C1CC2CCC(C1)C2.CC1C2CCN1CC(C(=O)Cl)C2. The highest BCUT2D eigenvalue weighted by Gasteiger charge is 2.40. The number of nitrogens with zero attached hydrogens (tertiary/aromatic N) is 1. The summed E-state index contributed by atoms with van der Waals surface area (Å²) in [5, 5.41) is -0.140. The van der Waals surface area contributed by atoms with E-state index in [0.29, 0.717) is 12.0 Å². The van der Waals surface area contributed by atoms with Crippen LogP contribution in [0.3, 0.4) is 0 Å². The molecule has 2 saturated carbocycles. The topological polar surface area (TPSA) is 20.3 Å². The minimum absolute atomic E-state index is 0.107. The number of carbonyl (C=O) groups excluding carboxylic acids is 1. The zero-order valence-corrected chi connectivity index (χ0v) is 13.4. The van der Waals surface area contributed by atoms with Gasteiger partial charge in [-0.1, -0.05) is 32.1 Å². The maximum Gasteiger partial charge on any atom is 0.226 e. The monoisotopic (exact) mass is 297 g/mol. The first-order valence-electron chi connectivity index (χ1n) is 8.57. The molecular weight excluding hydrogens is 270 g/mol. The van der Waals surface area contributed by atoms with Gasteiger partial charge < -0.3 is 0 Å². The summed E-state index contributed by atoms with van der Waals surface area (Å²) < 4.78 is 0. The first-order valence-corrected chi connectivity index (χ1v) is 8.94. The van der Waals surface area contributed by atoms with Crippen LogP contribution in [-0.2, 0) is 4.79 Å². The fourth-order valence-electron chi connectivity index (χ4n) is 4.93. The summed E-state index contributed by atoms with van der Waals surface area (Å²) in [4.78, 5) is 13.4. The van der Waals surface area contributed by atoms with Gasteiger partial charge in [0.1, 0.15) is 0 Å². The largest absolute Gasteiger partial charge is 0.300 e. The summed E-state index contributed by atoms with van der Waals surface area (Å²) in [5.41, 5.74) is 0. The molecule has 0 aromatic heterocycles. The second-order valence-electron chi connectivity index (χ2n) is 7.50. The molecule has 0 radical (unpaired) electrons. The fraction of sp³-hybridized carbons (Fsp3) is 0.941. The van der Waals surface area contributed by atoms with Gasteiger partial charge in [-0.05, 0) is 62.1 Å². The molecule has 2 nitrogen and oxygen atoms in total. The molecule has 2 saturated heterocycles. The average Bonchev–Trinajstić information content (AvgIpc) is 2.86. The van der Waals surface area contributed by atoms with Gasteiger partial charge in [0.15, 0.2) is 0 Å². The number of rotatable bonds is 1. The Hall–Kier alpha value is -0.0800. The highest BCUT2D eigenvalue weighted by atomic mass is 35.5. The molecule has 2 heterocycles. The third kappa shape index (κ3) is 3.22. The van der Waals surface area contributed by atoms with Crippen LogP contribution in [-0.4, -0.2) is 29.3 Å². The van der Waals surface area contributed by atoms with E-state index in [4.69, 9.17) is 11.6 Å². The maximum absolute atomic E-state index is 11.0. The van der Waals surface area contributed by atoms with Crippen LogP contribution in [0.15, 0.2) is 0 Å². The summed E-state index contributed by atoms with van der Waals surface area (Å²) in [6.45, 7) is 4.30. The molecule has 0 amide bonds. The molecule has 20 heavy (non-hydrogen) atoms. The lowest BCUT2D eigenvalue weighted by molar-refractivity contribution is -0.117. The van der Waals surface area contributed by atoms with Crippen molar-refractivity contribution in [3.8, 4) is 0 Å². The molecule has 2 aliphatic heterocycles. The van der Waals surface area contributed by atoms with Crippen LogP contribution in [0.1, 0.15) is 58.3 Å². The summed E-state index contributed by atoms with van der Waals surface area (Å²) in [7, 11) is 0. The van der Waals surface area contributed by atoms with Crippen molar-refractivity contribution < 1.29 is 4.79 Å². The molecule has 0 aromatic carbocycles. The molecule has 4 fully saturated rings. The van der Waals surface area contributed by atoms with Crippen molar-refractivity contribution >= 4 is 16.8 Å². The van der Waals surface area contributed by atoms with Crippen molar-refractivity contribution in [2.45, 2.75) is 64.3 Å². The van der Waals surface area contributed by atoms with E-state index in [1.54, 1.807) is 32.1 Å². The first kappa shape index (κ1) is 14.8. The Morgan fingerprint density at radius 2 is 1.75 bits per heavy atom. The van der Waals surface area contributed by atoms with Crippen LogP contribution < -0.4 is 0 Å². The predicted octanol–water partition coefficient (Wildman–Crippen LogP) is 4.07. The predicted molar refractivity (Wildman–Crippen MR) is 82.8 cm³/mol. The minimum atomic E-state index is -0.140. The van der Waals surface area contributed by atoms with Crippen LogP contribution in [0.4, 0.5) is 0 Å². The molecule has 4 rings (SSSR count). The second-order valence-corrected chi connectivity index (χ2v) is 7.87. The molecule has 4 aliphatic rings. The van der Waals surface area contributed by atoms with Crippen molar-refractivity contribution in [3.05, 3.63) is 0 Å². The molecule has 3 heteroatoms. The molecule has 0 aromatic rings.